The van der Waals surface area contributed by atoms with Crippen LogP contribution in [0.15, 0.2) is 33.7 Å². The van der Waals surface area contributed by atoms with E-state index in [2.05, 4.69) is 4.90 Å². The van der Waals surface area contributed by atoms with Crippen molar-refractivity contribution in [2.45, 2.75) is 19.5 Å². The summed E-state index contributed by atoms with van der Waals surface area (Å²) in [7, 11) is 3.25. The average Bonchev–Trinajstić information content (AvgIpc) is 2.56. The molecule has 6 heteroatoms. The van der Waals surface area contributed by atoms with Gasteiger partial charge in [0.1, 0.15) is 12.0 Å². The summed E-state index contributed by atoms with van der Waals surface area (Å²) in [6.07, 6.45) is 1.97. The third-order valence-corrected chi connectivity index (χ3v) is 4.04. The molecule has 1 aromatic heterocycles. The molecule has 0 fully saturated rings. The number of methoxy groups -OCH3 is 2. The molecule has 0 aliphatic carbocycles. The Balaban J connectivity index is 1.79. The standard InChI is InChI=1S/C17H19NO5/c1-21-16-5-11-3-4-18(8-12(11)6-17(16)22-2)9-13-7-14(19)15(20)10-23-13/h5-7,10,20H,3-4,8-9H2,1-2H3. The first-order chi connectivity index (χ1) is 11.1. The summed E-state index contributed by atoms with van der Waals surface area (Å²) in [5.74, 6) is 1.62. The van der Waals surface area contributed by atoms with Gasteiger partial charge in [-0.15, -0.1) is 0 Å². The Labute approximate surface area is 133 Å². The van der Waals surface area contributed by atoms with Crippen LogP contribution in [0.5, 0.6) is 17.2 Å². The van der Waals surface area contributed by atoms with E-state index in [1.807, 2.05) is 12.1 Å². The Bertz CT molecular complexity index is 768. The molecule has 0 saturated carbocycles. The van der Waals surface area contributed by atoms with Gasteiger partial charge in [0.25, 0.3) is 0 Å². The molecule has 2 aromatic rings. The number of hydrogen-bond acceptors (Lipinski definition) is 6. The number of aromatic hydroxyl groups is 1. The lowest BCUT2D eigenvalue weighted by atomic mass is 9.98. The maximum Gasteiger partial charge on any atom is 0.226 e. The molecular weight excluding hydrogens is 298 g/mol. The van der Waals surface area contributed by atoms with Gasteiger partial charge in [-0.3, -0.25) is 9.69 Å². The molecule has 1 aromatic carbocycles. The van der Waals surface area contributed by atoms with Crippen molar-refractivity contribution >= 4 is 0 Å². The first-order valence-corrected chi connectivity index (χ1v) is 7.37. The molecule has 2 heterocycles. The maximum atomic E-state index is 11.5. The van der Waals surface area contributed by atoms with Gasteiger partial charge in [-0.05, 0) is 29.7 Å². The highest BCUT2D eigenvalue weighted by Gasteiger charge is 2.20. The third kappa shape index (κ3) is 3.17. The lowest BCUT2D eigenvalue weighted by molar-refractivity contribution is 0.221. The lowest BCUT2D eigenvalue weighted by Crippen LogP contribution is -2.30. The molecule has 0 saturated heterocycles. The molecular formula is C17H19NO5. The molecule has 1 aliphatic rings. The monoisotopic (exact) mass is 317 g/mol. The number of nitrogens with zero attached hydrogens (tertiary/aromatic N) is 1. The largest absolute Gasteiger partial charge is 0.502 e. The fraction of sp³-hybridized carbons (Fsp3) is 0.353. The van der Waals surface area contributed by atoms with Crippen LogP contribution in [0.4, 0.5) is 0 Å². The van der Waals surface area contributed by atoms with Crippen molar-refractivity contribution in [3.8, 4) is 17.2 Å². The predicted molar refractivity (Wildman–Crippen MR) is 84.0 cm³/mol. The fourth-order valence-electron chi connectivity index (χ4n) is 2.82. The van der Waals surface area contributed by atoms with Crippen molar-refractivity contribution in [1.82, 2.24) is 4.90 Å². The van der Waals surface area contributed by atoms with Crippen molar-refractivity contribution in [3.05, 3.63) is 51.6 Å². The third-order valence-electron chi connectivity index (χ3n) is 4.04. The van der Waals surface area contributed by atoms with Crippen molar-refractivity contribution in [3.63, 3.8) is 0 Å². The lowest BCUT2D eigenvalue weighted by Gasteiger charge is -2.29. The molecule has 0 unspecified atom stereocenters. The predicted octanol–water partition coefficient (Wildman–Crippen LogP) is 1.92. The van der Waals surface area contributed by atoms with E-state index in [0.717, 1.165) is 31.5 Å². The van der Waals surface area contributed by atoms with E-state index in [0.29, 0.717) is 18.1 Å². The highest BCUT2D eigenvalue weighted by Crippen LogP contribution is 2.33. The number of rotatable bonds is 4. The van der Waals surface area contributed by atoms with E-state index in [-0.39, 0.29) is 5.75 Å². The molecule has 23 heavy (non-hydrogen) atoms. The smallest absolute Gasteiger partial charge is 0.226 e. The van der Waals surface area contributed by atoms with Gasteiger partial charge in [0, 0.05) is 19.2 Å². The van der Waals surface area contributed by atoms with Gasteiger partial charge >= 0.3 is 0 Å². The van der Waals surface area contributed by atoms with Crippen molar-refractivity contribution in [2.24, 2.45) is 0 Å². The summed E-state index contributed by atoms with van der Waals surface area (Å²) in [5.41, 5.74) is 2.00. The van der Waals surface area contributed by atoms with Crippen LogP contribution in [0, 0.1) is 0 Å². The summed E-state index contributed by atoms with van der Waals surface area (Å²) in [5, 5.41) is 9.24. The van der Waals surface area contributed by atoms with Gasteiger partial charge in [0.15, 0.2) is 17.2 Å². The zero-order valence-corrected chi connectivity index (χ0v) is 13.2. The Morgan fingerprint density at radius 2 is 1.87 bits per heavy atom. The van der Waals surface area contributed by atoms with Crippen LogP contribution >= 0.6 is 0 Å². The number of benzene rings is 1. The molecule has 122 valence electrons. The normalized spacial score (nSPS) is 14.3. The van der Waals surface area contributed by atoms with Crippen molar-refractivity contribution in [2.75, 3.05) is 20.8 Å². The summed E-state index contributed by atoms with van der Waals surface area (Å²) >= 11 is 0. The van der Waals surface area contributed by atoms with Gasteiger partial charge < -0.3 is 19.0 Å². The van der Waals surface area contributed by atoms with E-state index in [4.69, 9.17) is 13.9 Å². The first-order valence-electron chi connectivity index (χ1n) is 7.37. The first kappa shape index (κ1) is 15.4. The quantitative estimate of drug-likeness (QED) is 0.929. The van der Waals surface area contributed by atoms with Crippen LogP contribution in [0.2, 0.25) is 0 Å². The summed E-state index contributed by atoms with van der Waals surface area (Å²) in [6.45, 7) is 2.11. The Morgan fingerprint density at radius 3 is 2.52 bits per heavy atom. The van der Waals surface area contributed by atoms with E-state index < -0.39 is 5.43 Å². The van der Waals surface area contributed by atoms with Gasteiger partial charge in [0.05, 0.1) is 20.8 Å². The summed E-state index contributed by atoms with van der Waals surface area (Å²) in [4.78, 5) is 13.7. The molecule has 0 spiro atoms. The summed E-state index contributed by atoms with van der Waals surface area (Å²) in [6, 6.07) is 5.35. The second-order valence-corrected chi connectivity index (χ2v) is 5.53. The minimum absolute atomic E-state index is 0.366. The van der Waals surface area contributed by atoms with Crippen LogP contribution in [0.3, 0.4) is 0 Å². The molecule has 0 amide bonds. The van der Waals surface area contributed by atoms with Crippen LogP contribution in [-0.2, 0) is 19.5 Å². The molecule has 3 rings (SSSR count). The molecule has 1 aliphatic heterocycles. The van der Waals surface area contributed by atoms with E-state index in [1.54, 1.807) is 14.2 Å². The molecule has 0 bridgehead atoms. The Morgan fingerprint density at radius 1 is 1.17 bits per heavy atom. The Kier molecular flexibility index (Phi) is 4.25. The molecule has 1 N–H and O–H groups in total. The van der Waals surface area contributed by atoms with E-state index >= 15 is 0 Å². The Hall–Kier alpha value is -2.47. The zero-order chi connectivity index (χ0) is 16.4. The topological polar surface area (TPSA) is 72.1 Å². The minimum atomic E-state index is -0.421. The summed E-state index contributed by atoms with van der Waals surface area (Å²) < 4.78 is 16.0. The number of hydrogen-bond donors (Lipinski definition) is 1. The van der Waals surface area contributed by atoms with E-state index in [1.165, 1.54) is 17.2 Å². The number of ether oxygens (including phenoxy) is 2. The van der Waals surface area contributed by atoms with Gasteiger partial charge in [0.2, 0.25) is 5.43 Å². The fourth-order valence-corrected chi connectivity index (χ4v) is 2.82. The van der Waals surface area contributed by atoms with Crippen molar-refractivity contribution in [1.29, 1.82) is 0 Å². The second-order valence-electron chi connectivity index (χ2n) is 5.53. The highest BCUT2D eigenvalue weighted by molar-refractivity contribution is 5.48. The number of fused-ring (bicyclic) bond motifs is 1. The SMILES string of the molecule is COc1cc2c(cc1OC)CN(Cc1cc(=O)c(O)co1)CC2. The van der Waals surface area contributed by atoms with Gasteiger partial charge in [-0.1, -0.05) is 0 Å². The van der Waals surface area contributed by atoms with Crippen molar-refractivity contribution < 1.29 is 19.0 Å². The van der Waals surface area contributed by atoms with Crippen LogP contribution in [0.1, 0.15) is 16.9 Å². The molecule has 6 nitrogen and oxygen atoms in total. The zero-order valence-electron chi connectivity index (χ0n) is 13.2. The van der Waals surface area contributed by atoms with Crippen LogP contribution in [-0.4, -0.2) is 30.8 Å². The van der Waals surface area contributed by atoms with Gasteiger partial charge in [-0.2, -0.15) is 0 Å². The molecule has 0 atom stereocenters. The molecule has 0 radical (unpaired) electrons. The van der Waals surface area contributed by atoms with Crippen LogP contribution < -0.4 is 14.9 Å². The second kappa shape index (κ2) is 6.34. The van der Waals surface area contributed by atoms with Crippen LogP contribution in [0.25, 0.3) is 0 Å². The van der Waals surface area contributed by atoms with E-state index in [9.17, 15) is 9.90 Å². The maximum absolute atomic E-state index is 11.5. The highest BCUT2D eigenvalue weighted by atomic mass is 16.5. The average molecular weight is 317 g/mol. The minimum Gasteiger partial charge on any atom is -0.502 e. The van der Waals surface area contributed by atoms with Gasteiger partial charge in [-0.25, -0.2) is 0 Å².